The Morgan fingerprint density at radius 2 is 1.90 bits per heavy atom. The highest BCUT2D eigenvalue weighted by molar-refractivity contribution is 7.92. The second-order valence-electron chi connectivity index (χ2n) is 4.20. The summed E-state index contributed by atoms with van der Waals surface area (Å²) >= 11 is 0. The van der Waals surface area contributed by atoms with Gasteiger partial charge in [-0.05, 0) is 36.8 Å². The standard InChI is InChI=1S/C14H11FN2O2S/c1-10-4-2-5-11(8-10)20(18,19)17-14-7-3-6-13(15)12(14)9-16/h2-8,17H,1H3. The number of nitrogens with zero attached hydrogens (tertiary/aromatic N) is 1. The van der Waals surface area contributed by atoms with Gasteiger partial charge in [-0.3, -0.25) is 4.72 Å². The Hall–Kier alpha value is -2.39. The summed E-state index contributed by atoms with van der Waals surface area (Å²) in [5.41, 5.74) is 0.380. The van der Waals surface area contributed by atoms with Crippen LogP contribution in [0.25, 0.3) is 0 Å². The number of nitriles is 1. The van der Waals surface area contributed by atoms with Crippen LogP contribution in [0, 0.1) is 24.1 Å². The largest absolute Gasteiger partial charge is 0.278 e. The molecule has 2 aromatic rings. The van der Waals surface area contributed by atoms with Crippen molar-refractivity contribution in [3.63, 3.8) is 0 Å². The molecule has 0 unspecified atom stereocenters. The van der Waals surface area contributed by atoms with Crippen molar-refractivity contribution in [3.8, 4) is 6.07 Å². The normalized spacial score (nSPS) is 10.8. The topological polar surface area (TPSA) is 70.0 Å². The van der Waals surface area contributed by atoms with Crippen molar-refractivity contribution >= 4 is 15.7 Å². The lowest BCUT2D eigenvalue weighted by molar-refractivity contribution is 0.601. The third kappa shape index (κ3) is 2.78. The van der Waals surface area contributed by atoms with Crippen LogP contribution in [0.5, 0.6) is 0 Å². The van der Waals surface area contributed by atoms with E-state index >= 15 is 0 Å². The summed E-state index contributed by atoms with van der Waals surface area (Å²) < 4.78 is 40.0. The number of halogens is 1. The summed E-state index contributed by atoms with van der Waals surface area (Å²) in [7, 11) is -3.85. The maximum Gasteiger partial charge on any atom is 0.261 e. The van der Waals surface area contributed by atoms with Gasteiger partial charge in [0.1, 0.15) is 17.4 Å². The zero-order valence-corrected chi connectivity index (χ0v) is 11.4. The van der Waals surface area contributed by atoms with Crippen LogP contribution in [-0.2, 0) is 10.0 Å². The molecule has 4 nitrogen and oxygen atoms in total. The molecule has 6 heteroatoms. The van der Waals surface area contributed by atoms with E-state index in [2.05, 4.69) is 4.72 Å². The molecule has 1 N–H and O–H groups in total. The lowest BCUT2D eigenvalue weighted by Gasteiger charge is -2.10. The minimum atomic E-state index is -3.85. The molecule has 0 saturated heterocycles. The Morgan fingerprint density at radius 1 is 1.20 bits per heavy atom. The van der Waals surface area contributed by atoms with Gasteiger partial charge in [0.15, 0.2) is 0 Å². The van der Waals surface area contributed by atoms with Gasteiger partial charge in [0.25, 0.3) is 10.0 Å². The first-order chi connectivity index (χ1) is 9.44. The van der Waals surface area contributed by atoms with Crippen LogP contribution in [0.2, 0.25) is 0 Å². The molecule has 0 atom stereocenters. The second kappa shape index (κ2) is 5.31. The Kier molecular flexibility index (Phi) is 3.72. The summed E-state index contributed by atoms with van der Waals surface area (Å²) in [6.07, 6.45) is 0. The van der Waals surface area contributed by atoms with Crippen LogP contribution in [0.4, 0.5) is 10.1 Å². The van der Waals surface area contributed by atoms with Crippen LogP contribution in [-0.4, -0.2) is 8.42 Å². The highest BCUT2D eigenvalue weighted by Crippen LogP contribution is 2.22. The van der Waals surface area contributed by atoms with Gasteiger partial charge >= 0.3 is 0 Å². The molecule has 0 aliphatic heterocycles. The van der Waals surface area contributed by atoms with Crippen molar-refractivity contribution in [3.05, 3.63) is 59.4 Å². The van der Waals surface area contributed by atoms with Crippen molar-refractivity contribution in [2.45, 2.75) is 11.8 Å². The third-order valence-corrected chi connectivity index (χ3v) is 4.03. The first-order valence-corrected chi connectivity index (χ1v) is 7.20. The Balaban J connectivity index is 2.45. The number of rotatable bonds is 3. The quantitative estimate of drug-likeness (QED) is 0.945. The molecule has 102 valence electrons. The van der Waals surface area contributed by atoms with E-state index in [0.717, 1.165) is 11.6 Å². The predicted octanol–water partition coefficient (Wildman–Crippen LogP) is 2.81. The number of sulfonamides is 1. The van der Waals surface area contributed by atoms with E-state index in [0.29, 0.717) is 0 Å². The summed E-state index contributed by atoms with van der Waals surface area (Å²) in [6, 6.07) is 11.7. The summed E-state index contributed by atoms with van der Waals surface area (Å²) in [5, 5.41) is 8.89. The molecule has 0 aliphatic rings. The van der Waals surface area contributed by atoms with Crippen LogP contribution < -0.4 is 4.72 Å². The van der Waals surface area contributed by atoms with Gasteiger partial charge < -0.3 is 0 Å². The SMILES string of the molecule is Cc1cccc(S(=O)(=O)Nc2cccc(F)c2C#N)c1. The fourth-order valence-electron chi connectivity index (χ4n) is 1.71. The molecule has 0 amide bonds. The fraction of sp³-hybridized carbons (Fsp3) is 0.0714. The molecule has 0 radical (unpaired) electrons. The van der Waals surface area contributed by atoms with E-state index in [4.69, 9.17) is 5.26 Å². The minimum absolute atomic E-state index is 0.0608. The fourth-order valence-corrected chi connectivity index (χ4v) is 2.89. The molecule has 0 spiro atoms. The molecular formula is C14H11FN2O2S. The molecule has 0 aromatic heterocycles. The maximum atomic E-state index is 13.4. The molecule has 20 heavy (non-hydrogen) atoms. The van der Waals surface area contributed by atoms with Gasteiger partial charge in [0.2, 0.25) is 0 Å². The number of hydrogen-bond acceptors (Lipinski definition) is 3. The number of aryl methyl sites for hydroxylation is 1. The lowest BCUT2D eigenvalue weighted by atomic mass is 10.2. The monoisotopic (exact) mass is 290 g/mol. The highest BCUT2D eigenvalue weighted by Gasteiger charge is 2.17. The zero-order valence-electron chi connectivity index (χ0n) is 10.6. The third-order valence-electron chi connectivity index (χ3n) is 2.67. The van der Waals surface area contributed by atoms with E-state index in [1.807, 2.05) is 0 Å². The van der Waals surface area contributed by atoms with E-state index in [1.165, 1.54) is 24.3 Å². The highest BCUT2D eigenvalue weighted by atomic mass is 32.2. The average molecular weight is 290 g/mol. The van der Waals surface area contributed by atoms with Crippen molar-refractivity contribution in [2.24, 2.45) is 0 Å². The molecule has 0 aliphatic carbocycles. The van der Waals surface area contributed by atoms with Gasteiger partial charge in [-0.15, -0.1) is 0 Å². The summed E-state index contributed by atoms with van der Waals surface area (Å²) in [6.45, 7) is 1.77. The summed E-state index contributed by atoms with van der Waals surface area (Å²) in [4.78, 5) is 0.0608. The van der Waals surface area contributed by atoms with Crippen LogP contribution in [0.1, 0.15) is 11.1 Å². The maximum absolute atomic E-state index is 13.4. The smallest absolute Gasteiger partial charge is 0.261 e. The number of nitrogens with one attached hydrogen (secondary N) is 1. The molecule has 0 bridgehead atoms. The van der Waals surface area contributed by atoms with Crippen molar-refractivity contribution in [1.82, 2.24) is 0 Å². The zero-order chi connectivity index (χ0) is 14.8. The van der Waals surface area contributed by atoms with Gasteiger partial charge in [0.05, 0.1) is 10.6 Å². The predicted molar refractivity (Wildman–Crippen MR) is 73.1 cm³/mol. The molecule has 0 heterocycles. The minimum Gasteiger partial charge on any atom is -0.278 e. The number of anilines is 1. The second-order valence-corrected chi connectivity index (χ2v) is 5.88. The Labute approximate surface area is 116 Å². The van der Waals surface area contributed by atoms with Gasteiger partial charge in [-0.2, -0.15) is 5.26 Å². The van der Waals surface area contributed by atoms with Crippen LogP contribution in [0.3, 0.4) is 0 Å². The molecule has 2 aromatic carbocycles. The summed E-state index contributed by atoms with van der Waals surface area (Å²) in [5.74, 6) is -0.767. The molecule has 2 rings (SSSR count). The van der Waals surface area contributed by atoms with Gasteiger partial charge in [-0.1, -0.05) is 18.2 Å². The van der Waals surface area contributed by atoms with Crippen LogP contribution >= 0.6 is 0 Å². The van der Waals surface area contributed by atoms with Crippen molar-refractivity contribution in [1.29, 1.82) is 5.26 Å². The van der Waals surface area contributed by atoms with Gasteiger partial charge in [0, 0.05) is 0 Å². The van der Waals surface area contributed by atoms with Crippen molar-refractivity contribution in [2.75, 3.05) is 4.72 Å². The van der Waals surface area contributed by atoms with E-state index in [-0.39, 0.29) is 16.1 Å². The van der Waals surface area contributed by atoms with Gasteiger partial charge in [-0.25, -0.2) is 12.8 Å². The number of hydrogen-bond donors (Lipinski definition) is 1. The molecule has 0 fully saturated rings. The Morgan fingerprint density at radius 3 is 2.55 bits per heavy atom. The van der Waals surface area contributed by atoms with E-state index in [9.17, 15) is 12.8 Å². The average Bonchev–Trinajstić information content (AvgIpc) is 2.38. The van der Waals surface area contributed by atoms with Crippen LogP contribution in [0.15, 0.2) is 47.4 Å². The molecular weight excluding hydrogens is 279 g/mol. The first-order valence-electron chi connectivity index (χ1n) is 5.72. The first kappa shape index (κ1) is 14.0. The molecule has 0 saturated carbocycles. The lowest BCUT2D eigenvalue weighted by Crippen LogP contribution is -2.14. The van der Waals surface area contributed by atoms with Crippen molar-refractivity contribution < 1.29 is 12.8 Å². The van der Waals surface area contributed by atoms with E-state index < -0.39 is 15.8 Å². The van der Waals surface area contributed by atoms with E-state index in [1.54, 1.807) is 25.1 Å². The Bertz CT molecular complexity index is 795. The number of benzene rings is 2.